The summed E-state index contributed by atoms with van der Waals surface area (Å²) in [5.74, 6) is 0.961. The third-order valence-corrected chi connectivity index (χ3v) is 4.15. The number of nitrogens with zero attached hydrogens (tertiary/aromatic N) is 2. The average Bonchev–Trinajstić information content (AvgIpc) is 3.20. The zero-order chi connectivity index (χ0) is 14.5. The van der Waals surface area contributed by atoms with E-state index in [0.29, 0.717) is 0 Å². The van der Waals surface area contributed by atoms with Crippen molar-refractivity contribution >= 4 is 11.3 Å². The Balaban J connectivity index is 1.54. The Morgan fingerprint density at radius 3 is 2.95 bits per heavy atom. The molecule has 3 rings (SSSR count). The van der Waals surface area contributed by atoms with Gasteiger partial charge in [-0.1, -0.05) is 6.07 Å². The van der Waals surface area contributed by atoms with E-state index in [0.717, 1.165) is 35.1 Å². The molecular weight excluding hydrogens is 282 g/mol. The highest BCUT2D eigenvalue weighted by molar-refractivity contribution is 7.09. The van der Waals surface area contributed by atoms with Crippen molar-refractivity contribution in [1.29, 1.82) is 0 Å². The molecule has 1 N–H and O–H groups in total. The normalized spacial score (nSPS) is 12.4. The molecule has 1 atom stereocenters. The van der Waals surface area contributed by atoms with Crippen molar-refractivity contribution < 1.29 is 4.42 Å². The van der Waals surface area contributed by atoms with Crippen LogP contribution in [0.25, 0.3) is 11.4 Å². The summed E-state index contributed by atoms with van der Waals surface area (Å²) < 4.78 is 5.38. The highest BCUT2D eigenvalue weighted by Gasteiger charge is 2.08. The molecule has 108 valence electrons. The summed E-state index contributed by atoms with van der Waals surface area (Å²) in [7, 11) is 0. The van der Waals surface area contributed by atoms with E-state index < -0.39 is 0 Å². The average molecular weight is 299 g/mol. The summed E-state index contributed by atoms with van der Waals surface area (Å²) in [5, 5.41) is 6.62. The van der Waals surface area contributed by atoms with Crippen molar-refractivity contribution in [3.63, 3.8) is 0 Å². The second-order valence-corrected chi connectivity index (χ2v) is 5.73. The molecule has 1 unspecified atom stereocenters. The first kappa shape index (κ1) is 14.0. The molecule has 0 saturated carbocycles. The van der Waals surface area contributed by atoms with Gasteiger partial charge in [-0.05, 0) is 31.2 Å². The molecule has 0 fully saturated rings. The van der Waals surface area contributed by atoms with Gasteiger partial charge in [-0.2, -0.15) is 0 Å². The van der Waals surface area contributed by atoms with Crippen LogP contribution in [0.4, 0.5) is 0 Å². The molecule has 0 aliphatic heterocycles. The molecule has 0 amide bonds. The molecule has 3 aromatic rings. The lowest BCUT2D eigenvalue weighted by Crippen LogP contribution is -2.20. The van der Waals surface area contributed by atoms with Crippen molar-refractivity contribution in [2.75, 3.05) is 6.54 Å². The van der Waals surface area contributed by atoms with Gasteiger partial charge in [0, 0.05) is 24.5 Å². The van der Waals surface area contributed by atoms with E-state index in [4.69, 9.17) is 4.42 Å². The predicted molar refractivity (Wildman–Crippen MR) is 84.2 cm³/mol. The van der Waals surface area contributed by atoms with Gasteiger partial charge in [-0.15, -0.1) is 11.3 Å². The van der Waals surface area contributed by atoms with Crippen LogP contribution in [-0.4, -0.2) is 16.5 Å². The van der Waals surface area contributed by atoms with Crippen LogP contribution in [-0.2, 0) is 6.42 Å². The van der Waals surface area contributed by atoms with E-state index in [9.17, 15) is 0 Å². The highest BCUT2D eigenvalue weighted by atomic mass is 32.1. The third kappa shape index (κ3) is 3.56. The minimum atomic E-state index is 0.218. The standard InChI is InChI=1S/C16H17N3OS/c1-12(15-6-4-10-20-15)17-9-7-16-19-14(11-21-16)13-5-2-3-8-18-13/h2-6,8,10-12,17H,7,9H2,1H3. The molecule has 0 aliphatic carbocycles. The maximum atomic E-state index is 5.38. The van der Waals surface area contributed by atoms with Crippen LogP contribution in [0.1, 0.15) is 23.7 Å². The summed E-state index contributed by atoms with van der Waals surface area (Å²) in [6.45, 7) is 2.97. The van der Waals surface area contributed by atoms with Crippen LogP contribution >= 0.6 is 11.3 Å². The number of hydrogen-bond acceptors (Lipinski definition) is 5. The van der Waals surface area contributed by atoms with Crippen molar-refractivity contribution in [1.82, 2.24) is 15.3 Å². The van der Waals surface area contributed by atoms with Crippen molar-refractivity contribution in [2.24, 2.45) is 0 Å². The number of rotatable bonds is 6. The van der Waals surface area contributed by atoms with Crippen LogP contribution in [0.15, 0.2) is 52.6 Å². The Labute approximate surface area is 127 Å². The molecule has 0 bridgehead atoms. The van der Waals surface area contributed by atoms with Crippen LogP contribution < -0.4 is 5.32 Å². The summed E-state index contributed by atoms with van der Waals surface area (Å²) in [6.07, 6.45) is 4.40. The quantitative estimate of drug-likeness (QED) is 0.754. The van der Waals surface area contributed by atoms with Gasteiger partial charge >= 0.3 is 0 Å². The van der Waals surface area contributed by atoms with E-state index in [1.165, 1.54) is 0 Å². The molecule has 0 saturated heterocycles. The van der Waals surface area contributed by atoms with Crippen LogP contribution in [0.3, 0.4) is 0 Å². The molecule has 3 aromatic heterocycles. The lowest BCUT2D eigenvalue weighted by molar-refractivity contribution is 0.432. The van der Waals surface area contributed by atoms with E-state index in [1.54, 1.807) is 23.8 Å². The molecule has 21 heavy (non-hydrogen) atoms. The lowest BCUT2D eigenvalue weighted by atomic mass is 10.2. The van der Waals surface area contributed by atoms with Gasteiger partial charge in [-0.3, -0.25) is 4.98 Å². The zero-order valence-electron chi connectivity index (χ0n) is 11.8. The number of pyridine rings is 1. The SMILES string of the molecule is CC(NCCc1nc(-c2ccccn2)cs1)c1ccco1. The van der Waals surface area contributed by atoms with E-state index >= 15 is 0 Å². The maximum Gasteiger partial charge on any atom is 0.120 e. The van der Waals surface area contributed by atoms with Crippen LogP contribution in [0, 0.1) is 0 Å². The molecule has 0 aliphatic rings. The molecular formula is C16H17N3OS. The van der Waals surface area contributed by atoms with Crippen LogP contribution in [0.2, 0.25) is 0 Å². The summed E-state index contributed by atoms with van der Waals surface area (Å²) in [6, 6.07) is 9.99. The fourth-order valence-corrected chi connectivity index (χ4v) is 2.88. The monoisotopic (exact) mass is 299 g/mol. The van der Waals surface area contributed by atoms with Gasteiger partial charge in [0.2, 0.25) is 0 Å². The van der Waals surface area contributed by atoms with Gasteiger partial charge in [0.15, 0.2) is 0 Å². The predicted octanol–water partition coefficient (Wildman–Crippen LogP) is 3.69. The third-order valence-electron chi connectivity index (χ3n) is 3.24. The Bertz CT molecular complexity index is 664. The second kappa shape index (κ2) is 6.65. The van der Waals surface area contributed by atoms with E-state index in [-0.39, 0.29) is 6.04 Å². The minimum absolute atomic E-state index is 0.218. The topological polar surface area (TPSA) is 51.0 Å². The van der Waals surface area contributed by atoms with Gasteiger partial charge in [0.05, 0.1) is 28.7 Å². The highest BCUT2D eigenvalue weighted by Crippen LogP contribution is 2.20. The van der Waals surface area contributed by atoms with Crippen LogP contribution in [0.5, 0.6) is 0 Å². The molecule has 3 heterocycles. The molecule has 0 spiro atoms. The van der Waals surface area contributed by atoms with E-state index in [2.05, 4.69) is 27.6 Å². The molecule has 0 radical (unpaired) electrons. The summed E-state index contributed by atoms with van der Waals surface area (Å²) in [5.41, 5.74) is 1.88. The number of nitrogens with one attached hydrogen (secondary N) is 1. The first-order chi connectivity index (χ1) is 10.3. The summed E-state index contributed by atoms with van der Waals surface area (Å²) >= 11 is 1.68. The number of furan rings is 1. The van der Waals surface area contributed by atoms with Gasteiger partial charge in [-0.25, -0.2) is 4.98 Å². The largest absolute Gasteiger partial charge is 0.468 e. The zero-order valence-corrected chi connectivity index (χ0v) is 12.6. The van der Waals surface area contributed by atoms with Crippen molar-refractivity contribution in [2.45, 2.75) is 19.4 Å². The summed E-state index contributed by atoms with van der Waals surface area (Å²) in [4.78, 5) is 8.95. The Morgan fingerprint density at radius 2 is 2.19 bits per heavy atom. The Morgan fingerprint density at radius 1 is 1.24 bits per heavy atom. The van der Waals surface area contributed by atoms with Crippen molar-refractivity contribution in [3.8, 4) is 11.4 Å². The Hall–Kier alpha value is -1.98. The van der Waals surface area contributed by atoms with E-state index in [1.807, 2.05) is 30.3 Å². The molecule has 0 aromatic carbocycles. The molecule has 5 heteroatoms. The first-order valence-corrected chi connectivity index (χ1v) is 7.83. The second-order valence-electron chi connectivity index (χ2n) is 4.78. The number of hydrogen-bond donors (Lipinski definition) is 1. The maximum absolute atomic E-state index is 5.38. The minimum Gasteiger partial charge on any atom is -0.468 e. The first-order valence-electron chi connectivity index (χ1n) is 6.95. The molecule has 4 nitrogen and oxygen atoms in total. The van der Waals surface area contributed by atoms with Gasteiger partial charge < -0.3 is 9.73 Å². The van der Waals surface area contributed by atoms with Gasteiger partial charge in [0.25, 0.3) is 0 Å². The Kier molecular flexibility index (Phi) is 4.43. The number of thiazole rings is 1. The van der Waals surface area contributed by atoms with Crippen molar-refractivity contribution in [3.05, 3.63) is 58.9 Å². The number of aromatic nitrogens is 2. The smallest absolute Gasteiger partial charge is 0.120 e. The lowest BCUT2D eigenvalue weighted by Gasteiger charge is -2.09. The fourth-order valence-electron chi connectivity index (χ4n) is 2.09. The van der Waals surface area contributed by atoms with Gasteiger partial charge in [0.1, 0.15) is 5.76 Å². The fraction of sp³-hybridized carbons (Fsp3) is 0.250.